The van der Waals surface area contributed by atoms with Gasteiger partial charge in [-0.25, -0.2) is 14.4 Å². The highest BCUT2D eigenvalue weighted by Gasteiger charge is 2.50. The van der Waals surface area contributed by atoms with Crippen LogP contribution in [-0.2, 0) is 53.7 Å². The number of rotatable bonds is 29. The van der Waals surface area contributed by atoms with E-state index in [-0.39, 0.29) is 31.1 Å². The van der Waals surface area contributed by atoms with E-state index in [4.69, 9.17) is 32.8 Å². The number of unbranched alkanes of at least 4 members (excludes halogenated alkanes) is 8. The summed E-state index contributed by atoms with van der Waals surface area (Å²) < 4.78 is 40.7. The maximum atomic E-state index is 14.7. The summed E-state index contributed by atoms with van der Waals surface area (Å²) in [5.41, 5.74) is -3.57. The van der Waals surface area contributed by atoms with Gasteiger partial charge in [-0.15, -0.1) is 5.92 Å². The van der Waals surface area contributed by atoms with Crippen LogP contribution in [0.4, 0.5) is 0 Å². The maximum Gasteiger partial charge on any atom is 0.344 e. The monoisotopic (exact) mass is 944 g/mol. The lowest BCUT2D eigenvalue weighted by molar-refractivity contribution is -0.185. The van der Waals surface area contributed by atoms with Crippen LogP contribution in [0.1, 0.15) is 165 Å². The zero-order valence-corrected chi connectivity index (χ0v) is 43.7. The Hall–Kier alpha value is -3.74. The predicted octanol–water partition coefficient (Wildman–Crippen LogP) is 9.25. The first-order valence-electron chi connectivity index (χ1n) is 24.3. The van der Waals surface area contributed by atoms with Crippen molar-refractivity contribution >= 4 is 32.9 Å². The Morgan fingerprint density at radius 3 is 2.02 bits per heavy atom. The molecule has 0 bridgehead atoms. The Balaban J connectivity index is 2.42. The fourth-order valence-corrected chi connectivity index (χ4v) is 8.18. The number of allylic oxidation sites excluding steroid dienone is 1. The minimum atomic E-state index is -2.39. The second-order valence-corrected chi connectivity index (χ2v) is 23.9. The van der Waals surface area contributed by atoms with Crippen molar-refractivity contribution in [3.63, 3.8) is 0 Å². The summed E-state index contributed by atoms with van der Waals surface area (Å²) in [6.07, 6.45) is 14.9. The van der Waals surface area contributed by atoms with E-state index in [1.54, 1.807) is 78.8 Å². The highest BCUT2D eigenvalue weighted by Crippen LogP contribution is 2.33. The number of ether oxygens (including phenoxy) is 6. The van der Waals surface area contributed by atoms with E-state index in [0.29, 0.717) is 30.9 Å². The Morgan fingerprint density at radius 2 is 1.45 bits per heavy atom. The fraction of sp³-hybridized carbons (Fsp3) is 0.731. The maximum absolute atomic E-state index is 14.7. The molecular formula is C52H85NO12Si. The highest BCUT2D eigenvalue weighted by molar-refractivity contribution is 6.53. The smallest absolute Gasteiger partial charge is 0.344 e. The van der Waals surface area contributed by atoms with E-state index in [2.05, 4.69) is 44.9 Å². The van der Waals surface area contributed by atoms with Crippen LogP contribution in [0.2, 0.25) is 11.6 Å². The molecule has 2 N–H and O–H groups in total. The molecule has 1 amide bonds. The lowest BCUT2D eigenvalue weighted by atomic mass is 9.82. The number of aliphatic hydroxyl groups is 1. The Bertz CT molecular complexity index is 1710. The number of carbonyl (C=O) groups is 4. The molecule has 374 valence electrons. The van der Waals surface area contributed by atoms with Gasteiger partial charge in [0.25, 0.3) is 0 Å². The van der Waals surface area contributed by atoms with E-state index < -0.39 is 74.0 Å². The molecule has 0 radical (unpaired) electrons. The van der Waals surface area contributed by atoms with Crippen LogP contribution < -0.4 is 10.1 Å². The van der Waals surface area contributed by atoms with Crippen molar-refractivity contribution in [2.24, 2.45) is 5.92 Å². The third-order valence-corrected chi connectivity index (χ3v) is 14.5. The fourth-order valence-electron chi connectivity index (χ4n) is 7.21. The molecule has 0 saturated carbocycles. The molecule has 1 aliphatic heterocycles. The molecule has 0 aromatic heterocycles. The lowest BCUT2D eigenvalue weighted by Crippen LogP contribution is -2.56. The van der Waals surface area contributed by atoms with E-state index in [1.807, 2.05) is 6.55 Å². The zero-order valence-electron chi connectivity index (χ0n) is 42.6. The average Bonchev–Trinajstić information content (AvgIpc) is 3.69. The van der Waals surface area contributed by atoms with Gasteiger partial charge < -0.3 is 43.3 Å². The zero-order chi connectivity index (χ0) is 49.4. The third kappa shape index (κ3) is 22.8. The molecule has 13 nitrogen and oxygen atoms in total. The molecule has 4 atom stereocenters. The molecule has 1 unspecified atom stereocenters. The topological polar surface area (TPSA) is 165 Å². The Kier molecular flexibility index (Phi) is 25.3. The van der Waals surface area contributed by atoms with Gasteiger partial charge in [0.1, 0.15) is 29.6 Å². The first-order valence-corrected chi connectivity index (χ1v) is 26.5. The van der Waals surface area contributed by atoms with E-state index in [0.717, 1.165) is 44.9 Å². The van der Waals surface area contributed by atoms with Gasteiger partial charge in [-0.3, -0.25) is 4.79 Å². The van der Waals surface area contributed by atoms with Crippen LogP contribution >= 0.6 is 0 Å². The highest BCUT2D eigenvalue weighted by atomic mass is 28.3. The van der Waals surface area contributed by atoms with Crippen molar-refractivity contribution < 1.29 is 57.1 Å². The summed E-state index contributed by atoms with van der Waals surface area (Å²) in [5, 5.41) is 15.2. The van der Waals surface area contributed by atoms with Crippen molar-refractivity contribution in [2.75, 3.05) is 33.0 Å². The number of esters is 3. The van der Waals surface area contributed by atoms with Crippen LogP contribution in [0.25, 0.3) is 0 Å². The summed E-state index contributed by atoms with van der Waals surface area (Å²) in [6, 6.07) is 5.58. The van der Waals surface area contributed by atoms with Gasteiger partial charge in [0.05, 0.1) is 19.1 Å². The molecule has 2 rings (SSSR count). The molecule has 14 heteroatoms. The summed E-state index contributed by atoms with van der Waals surface area (Å²) in [7, 11) is -1.81. The summed E-state index contributed by atoms with van der Waals surface area (Å²) in [4.78, 5) is 55.3. The molecule has 1 aromatic carbocycles. The first-order chi connectivity index (χ1) is 30.9. The molecule has 66 heavy (non-hydrogen) atoms. The minimum absolute atomic E-state index is 0.00863. The summed E-state index contributed by atoms with van der Waals surface area (Å²) >= 11 is 0. The van der Waals surface area contributed by atoms with Crippen LogP contribution in [0.15, 0.2) is 36.4 Å². The van der Waals surface area contributed by atoms with Gasteiger partial charge in [0.15, 0.2) is 27.0 Å². The van der Waals surface area contributed by atoms with Gasteiger partial charge in [-0.1, -0.05) is 96.4 Å². The molecular weight excluding hydrogens is 859 g/mol. The second kappa shape index (κ2) is 28.6. The number of nitrogens with one attached hydrogen (secondary N) is 1. The molecule has 1 heterocycles. The van der Waals surface area contributed by atoms with Crippen molar-refractivity contribution in [3.8, 4) is 17.6 Å². The number of hydrogen-bond donors (Lipinski definition) is 2. The molecule has 1 aromatic rings. The van der Waals surface area contributed by atoms with Gasteiger partial charge in [-0.2, -0.15) is 0 Å². The SMILES string of the molecule is CC#CCOc1ccc(C[C@H](NC(=O)[C@@H](/C=C/CCCCCCC2(CCCCCCC)OCCO2)[C@@](O)(CCO[SiH](C)C(C)(C)C)C(=O)OC(C)(C)C)C(=O)OCC(=O)OC(C)(C)C)cc1. The molecule has 1 saturated heterocycles. The van der Waals surface area contributed by atoms with Crippen molar-refractivity contribution in [1.82, 2.24) is 5.32 Å². The quantitative estimate of drug-likeness (QED) is 0.0196. The third-order valence-electron chi connectivity index (χ3n) is 11.3. The van der Waals surface area contributed by atoms with Crippen LogP contribution in [0, 0.1) is 17.8 Å². The molecule has 1 fully saturated rings. The summed E-state index contributed by atoms with van der Waals surface area (Å²) in [5.74, 6) is 0.717. The Morgan fingerprint density at radius 1 is 0.864 bits per heavy atom. The number of amides is 1. The van der Waals surface area contributed by atoms with Crippen molar-refractivity contribution in [2.45, 2.75) is 206 Å². The van der Waals surface area contributed by atoms with Gasteiger partial charge in [0, 0.05) is 32.3 Å². The van der Waals surface area contributed by atoms with E-state index in [1.165, 1.54) is 31.8 Å². The molecule has 0 spiro atoms. The van der Waals surface area contributed by atoms with Crippen LogP contribution in [0.5, 0.6) is 5.75 Å². The Labute approximate surface area is 398 Å². The summed E-state index contributed by atoms with van der Waals surface area (Å²) in [6.45, 7) is 23.1. The molecule has 0 aliphatic carbocycles. The molecule has 1 aliphatic rings. The van der Waals surface area contributed by atoms with Crippen LogP contribution in [0.3, 0.4) is 0 Å². The lowest BCUT2D eigenvalue weighted by Gasteiger charge is -2.35. The van der Waals surface area contributed by atoms with Gasteiger partial charge >= 0.3 is 17.9 Å². The van der Waals surface area contributed by atoms with Crippen molar-refractivity contribution in [1.29, 1.82) is 0 Å². The number of carbonyl (C=O) groups excluding carboxylic acids is 4. The standard InChI is InChI=1S/C52H85NO12Si/c1-13-15-17-21-24-31-51(61-36-37-62-51)32-25-22-19-18-20-23-26-42(52(58,47(57)65-49(6,7)8)33-35-63-66(12)50(9,10)11)45(55)53-43(46(56)60-39-44(54)64-48(3,4)5)38-40-27-29-41(30-28-40)59-34-16-14-2/h23,26-30,42-43,58,66H,13,15,17-22,24-25,31-39H2,1-12H3,(H,53,55)/b26-23+/t42-,43+,52+,66?/m1/s1. The normalized spacial score (nSPS) is 16.3. The van der Waals surface area contributed by atoms with Crippen molar-refractivity contribution in [3.05, 3.63) is 42.0 Å². The van der Waals surface area contributed by atoms with Crippen LogP contribution in [-0.4, -0.2) is 99.6 Å². The van der Waals surface area contributed by atoms with E-state index >= 15 is 0 Å². The number of benzene rings is 1. The predicted molar refractivity (Wildman–Crippen MR) is 260 cm³/mol. The van der Waals surface area contributed by atoms with E-state index in [9.17, 15) is 24.3 Å². The first kappa shape index (κ1) is 58.4. The number of hydrogen-bond acceptors (Lipinski definition) is 12. The second-order valence-electron chi connectivity index (χ2n) is 20.5. The average molecular weight is 944 g/mol. The van der Waals surface area contributed by atoms with Gasteiger partial charge in [-0.05, 0) is 103 Å². The largest absolute Gasteiger partial charge is 0.481 e. The minimum Gasteiger partial charge on any atom is -0.481 e. The van der Waals surface area contributed by atoms with Gasteiger partial charge in [0.2, 0.25) is 5.91 Å².